The van der Waals surface area contributed by atoms with E-state index < -0.39 is 23.5 Å². The van der Waals surface area contributed by atoms with Gasteiger partial charge in [0, 0.05) is 22.8 Å². The molecule has 0 atom stereocenters. The molecule has 0 aliphatic heterocycles. The summed E-state index contributed by atoms with van der Waals surface area (Å²) >= 11 is 0. The lowest BCUT2D eigenvalue weighted by molar-refractivity contribution is -0.138. The molecule has 2 N–H and O–H groups in total. The van der Waals surface area contributed by atoms with Gasteiger partial charge in [0.15, 0.2) is 0 Å². The molecule has 182 valence electrons. The number of aromatic nitrogens is 3. The third-order valence-electron chi connectivity index (χ3n) is 5.14. The van der Waals surface area contributed by atoms with Gasteiger partial charge < -0.3 is 10.6 Å². The minimum Gasteiger partial charge on any atom is -0.340 e. The average Bonchev–Trinajstić information content (AvgIpc) is 2.81. The largest absolute Gasteiger partial charge is 0.418 e. The summed E-state index contributed by atoms with van der Waals surface area (Å²) in [5.41, 5.74) is -0.947. The van der Waals surface area contributed by atoms with Crippen LogP contribution in [0.25, 0.3) is 22.2 Å². The first kappa shape index (κ1) is 24.4. The number of nitrogens with one attached hydrogen (secondary N) is 2. The second-order valence-corrected chi connectivity index (χ2v) is 7.60. The van der Waals surface area contributed by atoms with E-state index in [2.05, 4.69) is 25.6 Å². The summed E-state index contributed by atoms with van der Waals surface area (Å²) in [5, 5.41) is 6.56. The van der Waals surface area contributed by atoms with E-state index in [4.69, 9.17) is 0 Å². The van der Waals surface area contributed by atoms with Gasteiger partial charge in [-0.05, 0) is 55.1 Å². The number of alkyl halides is 6. The van der Waals surface area contributed by atoms with Crippen LogP contribution in [0.3, 0.4) is 0 Å². The molecule has 11 heteroatoms. The Morgan fingerprint density at radius 1 is 0.857 bits per heavy atom. The van der Waals surface area contributed by atoms with Crippen LogP contribution in [0.2, 0.25) is 0 Å². The molecule has 2 aromatic heterocycles. The van der Waals surface area contributed by atoms with Crippen LogP contribution in [-0.4, -0.2) is 21.5 Å². The highest BCUT2D eigenvalue weighted by Gasteiger charge is 2.34. The van der Waals surface area contributed by atoms with E-state index in [1.165, 1.54) is 36.5 Å². The van der Waals surface area contributed by atoms with Gasteiger partial charge in [-0.2, -0.15) is 26.3 Å². The third-order valence-corrected chi connectivity index (χ3v) is 5.14. The molecule has 4 aromatic rings. The quantitative estimate of drug-likeness (QED) is 0.298. The van der Waals surface area contributed by atoms with Crippen molar-refractivity contribution < 1.29 is 26.3 Å². The van der Waals surface area contributed by atoms with Crippen molar-refractivity contribution in [3.63, 3.8) is 0 Å². The number of nitrogens with zero attached hydrogens (tertiary/aromatic N) is 3. The Kier molecular flexibility index (Phi) is 6.62. The molecule has 0 aliphatic rings. The van der Waals surface area contributed by atoms with Crippen molar-refractivity contribution in [2.24, 2.45) is 0 Å². The van der Waals surface area contributed by atoms with Crippen LogP contribution in [-0.2, 0) is 18.9 Å². The summed E-state index contributed by atoms with van der Waals surface area (Å²) in [6.07, 6.45) is -7.77. The zero-order valence-corrected chi connectivity index (χ0v) is 18.3. The molecule has 0 saturated carbocycles. The van der Waals surface area contributed by atoms with Crippen molar-refractivity contribution in [3.05, 3.63) is 77.7 Å². The van der Waals surface area contributed by atoms with E-state index >= 15 is 0 Å². The standard InChI is InChI=1S/C24H19F6N5/c1-2-31-13-20-34-19-12-14(21-18(24(28,29)30)4-3-11-32-21)5-10-17(19)22(35-20)33-16-8-6-15(7-9-16)23(25,26)27/h3-12,31H,2,13H2,1H3,(H,33,34,35). The first-order chi connectivity index (χ1) is 16.6. The van der Waals surface area contributed by atoms with Crippen LogP contribution in [0.1, 0.15) is 23.9 Å². The average molecular weight is 491 g/mol. The second kappa shape index (κ2) is 9.49. The highest BCUT2D eigenvalue weighted by atomic mass is 19.4. The molecule has 0 saturated heterocycles. The van der Waals surface area contributed by atoms with Crippen molar-refractivity contribution >= 4 is 22.4 Å². The maximum atomic E-state index is 13.5. The minimum absolute atomic E-state index is 0.221. The van der Waals surface area contributed by atoms with Crippen molar-refractivity contribution in [2.45, 2.75) is 25.8 Å². The fourth-order valence-corrected chi connectivity index (χ4v) is 3.48. The minimum atomic E-state index is -4.59. The van der Waals surface area contributed by atoms with Crippen LogP contribution in [0.5, 0.6) is 0 Å². The highest BCUT2D eigenvalue weighted by molar-refractivity contribution is 5.93. The summed E-state index contributed by atoms with van der Waals surface area (Å²) < 4.78 is 79.2. The van der Waals surface area contributed by atoms with E-state index in [-0.39, 0.29) is 17.8 Å². The summed E-state index contributed by atoms with van der Waals surface area (Å²) in [7, 11) is 0. The monoisotopic (exact) mass is 491 g/mol. The van der Waals surface area contributed by atoms with Crippen LogP contribution < -0.4 is 10.6 Å². The molecular weight excluding hydrogens is 472 g/mol. The first-order valence-electron chi connectivity index (χ1n) is 10.5. The SMILES string of the molecule is CCNCc1nc(Nc2ccc(C(F)(F)F)cc2)c2ccc(-c3ncccc3C(F)(F)F)cc2n1. The maximum absolute atomic E-state index is 13.5. The molecule has 0 amide bonds. The lowest BCUT2D eigenvalue weighted by atomic mass is 10.0. The number of fused-ring (bicyclic) bond motifs is 1. The van der Waals surface area contributed by atoms with Gasteiger partial charge in [0.1, 0.15) is 11.6 Å². The molecule has 0 bridgehead atoms. The van der Waals surface area contributed by atoms with E-state index in [0.717, 1.165) is 18.2 Å². The van der Waals surface area contributed by atoms with Gasteiger partial charge in [0.05, 0.1) is 28.9 Å². The Balaban J connectivity index is 1.78. The summed E-state index contributed by atoms with van der Waals surface area (Å²) in [6.45, 7) is 2.81. The van der Waals surface area contributed by atoms with Crippen molar-refractivity contribution in [1.29, 1.82) is 0 Å². The van der Waals surface area contributed by atoms with Gasteiger partial charge in [-0.25, -0.2) is 9.97 Å². The van der Waals surface area contributed by atoms with Crippen molar-refractivity contribution in [2.75, 3.05) is 11.9 Å². The molecule has 2 heterocycles. The molecular formula is C24H19F6N5. The summed E-state index contributed by atoms with van der Waals surface area (Å²) in [6, 6.07) is 11.1. The molecule has 0 unspecified atom stereocenters. The third kappa shape index (κ3) is 5.51. The van der Waals surface area contributed by atoms with Gasteiger partial charge in [-0.15, -0.1) is 0 Å². The van der Waals surface area contributed by atoms with Gasteiger partial charge in [-0.1, -0.05) is 13.0 Å². The highest BCUT2D eigenvalue weighted by Crippen LogP contribution is 2.37. The predicted molar refractivity (Wildman–Crippen MR) is 120 cm³/mol. The molecule has 5 nitrogen and oxygen atoms in total. The zero-order valence-electron chi connectivity index (χ0n) is 18.3. The van der Waals surface area contributed by atoms with Crippen LogP contribution >= 0.6 is 0 Å². The fourth-order valence-electron chi connectivity index (χ4n) is 3.48. The molecule has 0 aliphatic carbocycles. The van der Waals surface area contributed by atoms with Crippen LogP contribution in [0.15, 0.2) is 60.8 Å². The number of rotatable bonds is 6. The van der Waals surface area contributed by atoms with E-state index in [1.807, 2.05) is 6.92 Å². The topological polar surface area (TPSA) is 62.7 Å². The van der Waals surface area contributed by atoms with E-state index in [1.54, 1.807) is 6.07 Å². The van der Waals surface area contributed by atoms with E-state index in [9.17, 15) is 26.3 Å². The van der Waals surface area contributed by atoms with Gasteiger partial charge in [-0.3, -0.25) is 4.98 Å². The predicted octanol–water partition coefficient (Wildman–Crippen LogP) is 6.58. The number of benzene rings is 2. The molecule has 4 rings (SSSR count). The van der Waals surface area contributed by atoms with Crippen molar-refractivity contribution in [1.82, 2.24) is 20.3 Å². The van der Waals surface area contributed by atoms with Crippen LogP contribution in [0, 0.1) is 0 Å². The number of anilines is 2. The smallest absolute Gasteiger partial charge is 0.340 e. The van der Waals surface area contributed by atoms with Gasteiger partial charge in [0.25, 0.3) is 0 Å². The number of halogens is 6. The molecule has 0 radical (unpaired) electrons. The summed E-state index contributed by atoms with van der Waals surface area (Å²) in [4.78, 5) is 12.9. The Morgan fingerprint density at radius 3 is 2.26 bits per heavy atom. The van der Waals surface area contributed by atoms with Crippen LogP contribution in [0.4, 0.5) is 37.8 Å². The molecule has 2 aromatic carbocycles. The fraction of sp³-hybridized carbons (Fsp3) is 0.208. The Hall–Kier alpha value is -3.73. The Morgan fingerprint density at radius 2 is 1.60 bits per heavy atom. The lowest BCUT2D eigenvalue weighted by Crippen LogP contribution is -2.15. The zero-order chi connectivity index (χ0) is 25.2. The lowest BCUT2D eigenvalue weighted by Gasteiger charge is -2.14. The van der Waals surface area contributed by atoms with Gasteiger partial charge in [0.2, 0.25) is 0 Å². The molecule has 0 fully saturated rings. The number of hydrogen-bond donors (Lipinski definition) is 2. The van der Waals surface area contributed by atoms with Gasteiger partial charge >= 0.3 is 12.4 Å². The first-order valence-corrected chi connectivity index (χ1v) is 10.5. The normalized spacial score (nSPS) is 12.2. The maximum Gasteiger partial charge on any atom is 0.418 e. The Bertz CT molecular complexity index is 1330. The second-order valence-electron chi connectivity index (χ2n) is 7.60. The summed E-state index contributed by atoms with van der Waals surface area (Å²) in [5.74, 6) is 0.675. The number of hydrogen-bond acceptors (Lipinski definition) is 5. The molecule has 35 heavy (non-hydrogen) atoms. The van der Waals surface area contributed by atoms with Crippen molar-refractivity contribution in [3.8, 4) is 11.3 Å². The Labute approximate surface area is 196 Å². The molecule has 0 spiro atoms. The number of pyridine rings is 1. The van der Waals surface area contributed by atoms with E-state index in [0.29, 0.717) is 34.8 Å².